The second-order valence-electron chi connectivity index (χ2n) is 5.58. The molecule has 0 aliphatic carbocycles. The van der Waals surface area contributed by atoms with E-state index in [4.69, 9.17) is 4.74 Å². The van der Waals surface area contributed by atoms with Gasteiger partial charge in [-0.15, -0.1) is 0 Å². The van der Waals surface area contributed by atoms with Crippen LogP contribution in [0.4, 0.5) is 0 Å². The summed E-state index contributed by atoms with van der Waals surface area (Å²) < 4.78 is 5.65. The van der Waals surface area contributed by atoms with Gasteiger partial charge in [-0.25, -0.2) is 0 Å². The first-order chi connectivity index (χ1) is 7.68. The number of allylic oxidation sites excluding steroid dienone is 1. The molecule has 0 bridgehead atoms. The van der Waals surface area contributed by atoms with Crippen LogP contribution in [0.1, 0.15) is 39.5 Å². The van der Waals surface area contributed by atoms with E-state index in [9.17, 15) is 0 Å². The molecular formula is C14H25NO. The first-order valence-corrected chi connectivity index (χ1v) is 6.68. The van der Waals surface area contributed by atoms with Gasteiger partial charge in [0.05, 0.1) is 6.61 Å². The smallest absolute Gasteiger partial charge is 0.0527 e. The van der Waals surface area contributed by atoms with E-state index in [1.165, 1.54) is 38.0 Å². The summed E-state index contributed by atoms with van der Waals surface area (Å²) in [7, 11) is 0. The monoisotopic (exact) mass is 223 g/mol. The van der Waals surface area contributed by atoms with Crippen LogP contribution in [-0.2, 0) is 4.74 Å². The van der Waals surface area contributed by atoms with Gasteiger partial charge < -0.3 is 9.64 Å². The fourth-order valence-corrected chi connectivity index (χ4v) is 3.11. The van der Waals surface area contributed by atoms with E-state index in [1.807, 2.05) is 0 Å². The zero-order chi connectivity index (χ0) is 11.6. The SMILES string of the molecule is C=C(CCC)N1CCC2(CC1)COCC2C. The zero-order valence-corrected chi connectivity index (χ0v) is 10.8. The summed E-state index contributed by atoms with van der Waals surface area (Å²) in [5.41, 5.74) is 1.83. The Labute approximate surface area is 99.7 Å². The van der Waals surface area contributed by atoms with Gasteiger partial charge in [0.25, 0.3) is 0 Å². The first-order valence-electron chi connectivity index (χ1n) is 6.68. The molecular weight excluding hydrogens is 198 g/mol. The van der Waals surface area contributed by atoms with Gasteiger partial charge in [-0.05, 0) is 25.2 Å². The number of nitrogens with zero attached hydrogens (tertiary/aromatic N) is 1. The summed E-state index contributed by atoms with van der Waals surface area (Å²) in [5.74, 6) is 0.745. The molecule has 2 rings (SSSR count). The molecule has 2 fully saturated rings. The van der Waals surface area contributed by atoms with Crippen LogP contribution in [0.3, 0.4) is 0 Å². The van der Waals surface area contributed by atoms with Gasteiger partial charge in [0.2, 0.25) is 0 Å². The molecule has 16 heavy (non-hydrogen) atoms. The van der Waals surface area contributed by atoms with Crippen molar-refractivity contribution in [3.8, 4) is 0 Å². The van der Waals surface area contributed by atoms with Gasteiger partial charge in [-0.2, -0.15) is 0 Å². The average molecular weight is 223 g/mol. The molecule has 0 aromatic rings. The van der Waals surface area contributed by atoms with E-state index < -0.39 is 0 Å². The highest BCUT2D eigenvalue weighted by Gasteiger charge is 2.43. The van der Waals surface area contributed by atoms with E-state index in [2.05, 4.69) is 25.3 Å². The van der Waals surface area contributed by atoms with E-state index in [0.29, 0.717) is 5.41 Å². The van der Waals surface area contributed by atoms with Crippen LogP contribution in [-0.4, -0.2) is 31.2 Å². The lowest BCUT2D eigenvalue weighted by molar-refractivity contribution is 0.0800. The second-order valence-corrected chi connectivity index (χ2v) is 5.58. The maximum Gasteiger partial charge on any atom is 0.0527 e. The molecule has 0 aromatic heterocycles. The fraction of sp³-hybridized carbons (Fsp3) is 0.857. The Hall–Kier alpha value is -0.500. The van der Waals surface area contributed by atoms with Crippen LogP contribution in [0.25, 0.3) is 0 Å². The molecule has 2 aliphatic heterocycles. The lowest BCUT2D eigenvalue weighted by Gasteiger charge is -2.42. The molecule has 2 heterocycles. The van der Waals surface area contributed by atoms with Crippen molar-refractivity contribution in [1.29, 1.82) is 0 Å². The Morgan fingerprint density at radius 2 is 2.12 bits per heavy atom. The quantitative estimate of drug-likeness (QED) is 0.729. The Morgan fingerprint density at radius 3 is 2.62 bits per heavy atom. The summed E-state index contributed by atoms with van der Waals surface area (Å²) in [6.45, 7) is 13.1. The van der Waals surface area contributed by atoms with Crippen LogP contribution in [0.5, 0.6) is 0 Å². The van der Waals surface area contributed by atoms with Crippen molar-refractivity contribution < 1.29 is 4.74 Å². The fourth-order valence-electron chi connectivity index (χ4n) is 3.11. The standard InChI is InChI=1S/C14H25NO/c1-4-5-13(3)15-8-6-14(7-9-15)11-16-10-12(14)2/h12H,3-11H2,1-2H3. The van der Waals surface area contributed by atoms with Crippen molar-refractivity contribution in [1.82, 2.24) is 4.90 Å². The molecule has 2 nitrogen and oxygen atoms in total. The lowest BCUT2D eigenvalue weighted by Crippen LogP contribution is -2.42. The highest BCUT2D eigenvalue weighted by molar-refractivity contribution is 5.00. The van der Waals surface area contributed by atoms with Crippen molar-refractivity contribution in [2.75, 3.05) is 26.3 Å². The number of hydrogen-bond donors (Lipinski definition) is 0. The molecule has 2 saturated heterocycles. The molecule has 1 unspecified atom stereocenters. The van der Waals surface area contributed by atoms with Gasteiger partial charge >= 0.3 is 0 Å². The van der Waals surface area contributed by atoms with E-state index in [1.54, 1.807) is 0 Å². The molecule has 2 heteroatoms. The maximum atomic E-state index is 5.65. The third-order valence-electron chi connectivity index (χ3n) is 4.55. The van der Waals surface area contributed by atoms with Crippen LogP contribution in [0.15, 0.2) is 12.3 Å². The van der Waals surface area contributed by atoms with Gasteiger partial charge in [0.15, 0.2) is 0 Å². The third kappa shape index (κ3) is 2.13. The first kappa shape index (κ1) is 12.0. The topological polar surface area (TPSA) is 12.5 Å². The minimum atomic E-state index is 0.489. The number of rotatable bonds is 3. The van der Waals surface area contributed by atoms with Crippen LogP contribution >= 0.6 is 0 Å². The molecule has 2 aliphatic rings. The van der Waals surface area contributed by atoms with E-state index in [-0.39, 0.29) is 0 Å². The Kier molecular flexibility index (Phi) is 3.58. The van der Waals surface area contributed by atoms with Crippen LogP contribution in [0, 0.1) is 11.3 Å². The average Bonchev–Trinajstić information content (AvgIpc) is 2.62. The summed E-state index contributed by atoms with van der Waals surface area (Å²) in [6.07, 6.45) is 4.94. The van der Waals surface area contributed by atoms with Gasteiger partial charge in [-0.1, -0.05) is 26.8 Å². The molecule has 0 N–H and O–H groups in total. The molecule has 1 spiro atoms. The number of ether oxygens (including phenoxy) is 1. The van der Waals surface area contributed by atoms with Crippen molar-refractivity contribution in [2.45, 2.75) is 39.5 Å². The molecule has 0 radical (unpaired) electrons. The van der Waals surface area contributed by atoms with Gasteiger partial charge in [0, 0.05) is 30.8 Å². The Balaban J connectivity index is 1.89. The predicted molar refractivity (Wildman–Crippen MR) is 67.3 cm³/mol. The van der Waals surface area contributed by atoms with E-state index >= 15 is 0 Å². The largest absolute Gasteiger partial charge is 0.381 e. The van der Waals surface area contributed by atoms with Crippen molar-refractivity contribution in [3.05, 3.63) is 12.3 Å². The van der Waals surface area contributed by atoms with Crippen molar-refractivity contribution in [2.24, 2.45) is 11.3 Å². The van der Waals surface area contributed by atoms with Gasteiger partial charge in [-0.3, -0.25) is 0 Å². The second kappa shape index (κ2) is 4.79. The summed E-state index contributed by atoms with van der Waals surface area (Å²) in [5, 5.41) is 0. The Bertz CT molecular complexity index is 253. The molecule has 1 atom stereocenters. The minimum absolute atomic E-state index is 0.489. The summed E-state index contributed by atoms with van der Waals surface area (Å²) in [4.78, 5) is 2.49. The zero-order valence-electron chi connectivity index (χ0n) is 10.8. The lowest BCUT2D eigenvalue weighted by atomic mass is 9.71. The number of likely N-dealkylation sites (tertiary alicyclic amines) is 1. The third-order valence-corrected chi connectivity index (χ3v) is 4.55. The van der Waals surface area contributed by atoms with Crippen LogP contribution < -0.4 is 0 Å². The Morgan fingerprint density at radius 1 is 1.44 bits per heavy atom. The summed E-state index contributed by atoms with van der Waals surface area (Å²) >= 11 is 0. The van der Waals surface area contributed by atoms with Crippen molar-refractivity contribution >= 4 is 0 Å². The molecule has 0 amide bonds. The summed E-state index contributed by atoms with van der Waals surface area (Å²) in [6, 6.07) is 0. The predicted octanol–water partition coefficient (Wildman–Crippen LogP) is 3.05. The van der Waals surface area contributed by atoms with Gasteiger partial charge in [0.1, 0.15) is 0 Å². The molecule has 0 aromatic carbocycles. The normalized spacial score (nSPS) is 28.6. The minimum Gasteiger partial charge on any atom is -0.381 e. The maximum absolute atomic E-state index is 5.65. The highest BCUT2D eigenvalue weighted by atomic mass is 16.5. The van der Waals surface area contributed by atoms with E-state index in [0.717, 1.165) is 25.6 Å². The van der Waals surface area contributed by atoms with Crippen molar-refractivity contribution in [3.63, 3.8) is 0 Å². The number of hydrogen-bond acceptors (Lipinski definition) is 2. The molecule has 0 saturated carbocycles. The highest BCUT2D eigenvalue weighted by Crippen LogP contribution is 2.43. The number of piperidine rings is 1. The van der Waals surface area contributed by atoms with Crippen LogP contribution in [0.2, 0.25) is 0 Å². The molecule has 92 valence electrons.